The SMILES string of the molecule is Cc1ccc2c(c1)C1=CC(=O)COC1=C(c1ccsc1)O2. The van der Waals surface area contributed by atoms with Gasteiger partial charge in [0.25, 0.3) is 0 Å². The second kappa shape index (κ2) is 4.60. The predicted molar refractivity (Wildman–Crippen MR) is 82.0 cm³/mol. The number of thiophene rings is 1. The lowest BCUT2D eigenvalue weighted by atomic mass is 9.94. The number of ether oxygens (including phenoxy) is 2. The van der Waals surface area contributed by atoms with Gasteiger partial charge in [-0.3, -0.25) is 4.79 Å². The summed E-state index contributed by atoms with van der Waals surface area (Å²) >= 11 is 1.60. The van der Waals surface area contributed by atoms with Crippen LogP contribution in [-0.2, 0) is 9.53 Å². The van der Waals surface area contributed by atoms with Crippen LogP contribution in [0.25, 0.3) is 11.3 Å². The Hall–Kier alpha value is -2.33. The van der Waals surface area contributed by atoms with Crippen molar-refractivity contribution in [1.82, 2.24) is 0 Å². The van der Waals surface area contributed by atoms with Gasteiger partial charge in [0.1, 0.15) is 5.75 Å². The van der Waals surface area contributed by atoms with E-state index in [0.29, 0.717) is 11.5 Å². The Balaban J connectivity index is 1.97. The van der Waals surface area contributed by atoms with Crippen LogP contribution in [0.2, 0.25) is 0 Å². The quantitative estimate of drug-likeness (QED) is 0.803. The Morgan fingerprint density at radius 2 is 2.10 bits per heavy atom. The van der Waals surface area contributed by atoms with Crippen LogP contribution in [0.15, 0.2) is 46.9 Å². The van der Waals surface area contributed by atoms with E-state index in [4.69, 9.17) is 9.47 Å². The zero-order chi connectivity index (χ0) is 14.4. The number of hydrogen-bond acceptors (Lipinski definition) is 4. The summed E-state index contributed by atoms with van der Waals surface area (Å²) in [5, 5.41) is 4.01. The maximum atomic E-state index is 11.7. The number of benzene rings is 1. The summed E-state index contributed by atoms with van der Waals surface area (Å²) in [7, 11) is 0. The first-order valence-corrected chi connectivity index (χ1v) is 7.60. The van der Waals surface area contributed by atoms with Gasteiger partial charge in [-0.25, -0.2) is 0 Å². The van der Waals surface area contributed by atoms with Crippen molar-refractivity contribution in [3.05, 3.63) is 63.6 Å². The number of carbonyl (C=O) groups excluding carboxylic acids is 1. The minimum absolute atomic E-state index is 0.0206. The van der Waals surface area contributed by atoms with E-state index in [-0.39, 0.29) is 12.4 Å². The highest BCUT2D eigenvalue weighted by atomic mass is 32.1. The van der Waals surface area contributed by atoms with Crippen LogP contribution >= 0.6 is 11.3 Å². The van der Waals surface area contributed by atoms with Crippen LogP contribution in [-0.4, -0.2) is 12.4 Å². The van der Waals surface area contributed by atoms with Gasteiger partial charge >= 0.3 is 0 Å². The Morgan fingerprint density at radius 1 is 1.19 bits per heavy atom. The number of hydrogen-bond donors (Lipinski definition) is 0. The minimum atomic E-state index is -0.0206. The average molecular weight is 296 g/mol. The topological polar surface area (TPSA) is 35.5 Å². The number of rotatable bonds is 1. The molecule has 0 bridgehead atoms. The van der Waals surface area contributed by atoms with Crippen molar-refractivity contribution in [2.75, 3.05) is 6.61 Å². The third-order valence-corrected chi connectivity index (χ3v) is 4.22. The highest BCUT2D eigenvalue weighted by Crippen LogP contribution is 2.44. The molecule has 0 unspecified atom stereocenters. The molecule has 0 N–H and O–H groups in total. The molecule has 3 heterocycles. The van der Waals surface area contributed by atoms with Gasteiger partial charge < -0.3 is 9.47 Å². The first-order chi connectivity index (χ1) is 10.2. The van der Waals surface area contributed by atoms with E-state index in [2.05, 4.69) is 0 Å². The first kappa shape index (κ1) is 12.4. The molecule has 0 aliphatic carbocycles. The van der Waals surface area contributed by atoms with Gasteiger partial charge in [0.05, 0.1) is 0 Å². The molecule has 2 aliphatic rings. The van der Waals surface area contributed by atoms with Crippen molar-refractivity contribution in [1.29, 1.82) is 0 Å². The van der Waals surface area contributed by atoms with E-state index in [1.807, 2.05) is 41.9 Å². The number of allylic oxidation sites excluding steroid dienone is 1. The van der Waals surface area contributed by atoms with Crippen LogP contribution < -0.4 is 4.74 Å². The van der Waals surface area contributed by atoms with Gasteiger partial charge in [0.15, 0.2) is 23.9 Å². The van der Waals surface area contributed by atoms with E-state index >= 15 is 0 Å². The lowest BCUT2D eigenvalue weighted by molar-refractivity contribution is -0.118. The van der Waals surface area contributed by atoms with Gasteiger partial charge in [-0.2, -0.15) is 11.3 Å². The first-order valence-electron chi connectivity index (χ1n) is 6.66. The standard InChI is InChI=1S/C17H12O3S/c1-10-2-3-15-13(6-10)14-7-12(18)8-19-17(14)16(20-15)11-4-5-21-9-11/h2-7,9H,8H2,1H3. The second-order valence-electron chi connectivity index (χ2n) is 5.08. The van der Waals surface area contributed by atoms with Gasteiger partial charge in [-0.15, -0.1) is 0 Å². The summed E-state index contributed by atoms with van der Waals surface area (Å²) in [5.74, 6) is 2.08. The van der Waals surface area contributed by atoms with Crippen molar-refractivity contribution in [2.45, 2.75) is 6.92 Å². The number of carbonyl (C=O) groups is 1. The minimum Gasteiger partial charge on any atom is -0.481 e. The van der Waals surface area contributed by atoms with Crippen LogP contribution in [0, 0.1) is 6.92 Å². The van der Waals surface area contributed by atoms with Gasteiger partial charge in [-0.1, -0.05) is 11.6 Å². The fraction of sp³-hybridized carbons (Fsp3) is 0.118. The van der Waals surface area contributed by atoms with E-state index in [1.165, 1.54) is 0 Å². The highest BCUT2D eigenvalue weighted by molar-refractivity contribution is 7.08. The molecule has 0 saturated heterocycles. The molecular weight excluding hydrogens is 284 g/mol. The zero-order valence-corrected chi connectivity index (χ0v) is 12.2. The molecule has 1 aromatic carbocycles. The normalized spacial score (nSPS) is 16.6. The molecule has 21 heavy (non-hydrogen) atoms. The Morgan fingerprint density at radius 3 is 2.90 bits per heavy atom. The molecule has 0 radical (unpaired) electrons. The molecule has 0 saturated carbocycles. The van der Waals surface area contributed by atoms with Crippen molar-refractivity contribution in [3.63, 3.8) is 0 Å². The van der Waals surface area contributed by atoms with Crippen LogP contribution in [0.5, 0.6) is 5.75 Å². The molecule has 1 aromatic heterocycles. The predicted octanol–water partition coefficient (Wildman–Crippen LogP) is 3.80. The van der Waals surface area contributed by atoms with E-state index in [0.717, 1.165) is 28.0 Å². The maximum absolute atomic E-state index is 11.7. The Bertz CT molecular complexity index is 797. The van der Waals surface area contributed by atoms with E-state index in [9.17, 15) is 4.79 Å². The molecule has 0 spiro atoms. The summed E-state index contributed by atoms with van der Waals surface area (Å²) < 4.78 is 11.7. The number of aryl methyl sites for hydroxylation is 1. The van der Waals surface area contributed by atoms with Crippen LogP contribution in [0.3, 0.4) is 0 Å². The highest BCUT2D eigenvalue weighted by Gasteiger charge is 2.30. The van der Waals surface area contributed by atoms with Crippen molar-refractivity contribution in [2.24, 2.45) is 0 Å². The third kappa shape index (κ3) is 1.99. The van der Waals surface area contributed by atoms with Gasteiger partial charge in [-0.05, 0) is 36.6 Å². The Labute approximate surface area is 126 Å². The number of ketones is 1. The molecule has 104 valence electrons. The lowest BCUT2D eigenvalue weighted by Gasteiger charge is -2.27. The molecule has 0 amide bonds. The molecular formula is C17H12O3S. The van der Waals surface area contributed by atoms with Gasteiger partial charge in [0.2, 0.25) is 0 Å². The van der Waals surface area contributed by atoms with Crippen molar-refractivity contribution >= 4 is 28.5 Å². The molecule has 4 heteroatoms. The molecule has 2 aromatic rings. The fourth-order valence-corrected chi connectivity index (χ4v) is 3.20. The summed E-state index contributed by atoms with van der Waals surface area (Å²) in [6, 6.07) is 7.95. The number of fused-ring (bicyclic) bond motifs is 3. The maximum Gasteiger partial charge on any atom is 0.193 e. The van der Waals surface area contributed by atoms with E-state index < -0.39 is 0 Å². The van der Waals surface area contributed by atoms with Crippen molar-refractivity contribution < 1.29 is 14.3 Å². The van der Waals surface area contributed by atoms with E-state index in [1.54, 1.807) is 17.4 Å². The summed E-state index contributed by atoms with van der Waals surface area (Å²) in [5.41, 5.74) is 3.82. The average Bonchev–Trinajstić information content (AvgIpc) is 3.00. The monoisotopic (exact) mass is 296 g/mol. The summed E-state index contributed by atoms with van der Waals surface area (Å²) in [6.45, 7) is 2.08. The molecule has 4 rings (SSSR count). The molecule has 0 atom stereocenters. The molecule has 0 fully saturated rings. The smallest absolute Gasteiger partial charge is 0.193 e. The molecule has 3 nitrogen and oxygen atoms in total. The largest absolute Gasteiger partial charge is 0.481 e. The lowest BCUT2D eigenvalue weighted by Crippen LogP contribution is -2.19. The summed E-state index contributed by atoms with van der Waals surface area (Å²) in [4.78, 5) is 11.7. The second-order valence-corrected chi connectivity index (χ2v) is 5.86. The van der Waals surface area contributed by atoms with Crippen LogP contribution in [0.4, 0.5) is 0 Å². The van der Waals surface area contributed by atoms with Crippen LogP contribution in [0.1, 0.15) is 16.7 Å². The van der Waals surface area contributed by atoms with Gasteiger partial charge in [0, 0.05) is 22.1 Å². The third-order valence-electron chi connectivity index (χ3n) is 3.54. The molecule has 2 aliphatic heterocycles. The fourth-order valence-electron chi connectivity index (χ4n) is 2.56. The summed E-state index contributed by atoms with van der Waals surface area (Å²) in [6.07, 6.45) is 1.66. The Kier molecular flexibility index (Phi) is 2.72. The van der Waals surface area contributed by atoms with Crippen molar-refractivity contribution in [3.8, 4) is 5.75 Å². The zero-order valence-electron chi connectivity index (χ0n) is 11.4.